The lowest BCUT2D eigenvalue weighted by Gasteiger charge is -2.26. The Labute approximate surface area is 185 Å². The normalized spacial score (nSPS) is 14.5. The Hall–Kier alpha value is -3.50. The lowest BCUT2D eigenvalue weighted by Crippen LogP contribution is -2.24. The smallest absolute Gasteiger partial charge is 0.126 e. The molecule has 2 atom stereocenters. The molecule has 2 unspecified atom stereocenters. The van der Waals surface area contributed by atoms with E-state index in [2.05, 4.69) is 16.7 Å². The summed E-state index contributed by atoms with van der Waals surface area (Å²) in [6.45, 7) is 3.27. The second-order valence-corrected chi connectivity index (χ2v) is 8.19. The number of terminal acetylenes is 2. The lowest BCUT2D eigenvalue weighted by molar-refractivity contribution is 0.122. The summed E-state index contributed by atoms with van der Waals surface area (Å²) in [6.07, 6.45) is 11.6. The molecule has 0 aromatic heterocycles. The maximum atomic E-state index is 10.2. The van der Waals surface area contributed by atoms with Gasteiger partial charge < -0.3 is 15.1 Å². The van der Waals surface area contributed by atoms with Crippen molar-refractivity contribution in [2.75, 3.05) is 4.90 Å². The first-order valence-electron chi connectivity index (χ1n) is 10.2. The van der Waals surface area contributed by atoms with Crippen LogP contribution in [0.4, 0.5) is 17.1 Å². The van der Waals surface area contributed by atoms with Gasteiger partial charge in [-0.05, 0) is 61.4 Å². The summed E-state index contributed by atoms with van der Waals surface area (Å²) < 4.78 is 0. The Morgan fingerprint density at radius 2 is 1.00 bits per heavy atom. The summed E-state index contributed by atoms with van der Waals surface area (Å²) in [6, 6.07) is 26.1. The van der Waals surface area contributed by atoms with E-state index in [1.165, 1.54) is 0 Å². The van der Waals surface area contributed by atoms with Crippen molar-refractivity contribution in [2.45, 2.75) is 37.9 Å². The average molecular weight is 410 g/mol. The summed E-state index contributed by atoms with van der Waals surface area (Å²) in [5.41, 5.74) is 2.58. The van der Waals surface area contributed by atoms with Gasteiger partial charge in [0.25, 0.3) is 0 Å². The van der Waals surface area contributed by atoms with E-state index in [9.17, 15) is 10.2 Å². The molecule has 3 aromatic carbocycles. The predicted molar refractivity (Wildman–Crippen MR) is 127 cm³/mol. The summed E-state index contributed by atoms with van der Waals surface area (Å²) in [5, 5.41) is 20.3. The summed E-state index contributed by atoms with van der Waals surface area (Å²) in [4.78, 5) is 2.15. The zero-order chi connectivity index (χ0) is 22.5. The second kappa shape index (κ2) is 9.11. The third kappa shape index (κ3) is 5.77. The van der Waals surface area contributed by atoms with Crippen molar-refractivity contribution < 1.29 is 10.2 Å². The van der Waals surface area contributed by atoms with Crippen LogP contribution in [0.15, 0.2) is 78.9 Å². The van der Waals surface area contributed by atoms with Gasteiger partial charge in [-0.1, -0.05) is 54.3 Å². The van der Waals surface area contributed by atoms with E-state index in [-0.39, 0.29) is 0 Å². The number of hydrogen-bond donors (Lipinski definition) is 2. The van der Waals surface area contributed by atoms with Crippen molar-refractivity contribution in [3.05, 3.63) is 90.0 Å². The van der Waals surface area contributed by atoms with Crippen LogP contribution in [0.3, 0.4) is 0 Å². The van der Waals surface area contributed by atoms with Crippen molar-refractivity contribution in [1.29, 1.82) is 0 Å². The lowest BCUT2D eigenvalue weighted by atomic mass is 9.97. The quantitative estimate of drug-likeness (QED) is 0.539. The molecule has 0 amide bonds. The number of para-hydroxylation sites is 1. The molecule has 3 heteroatoms. The number of aliphatic hydroxyl groups is 2. The highest BCUT2D eigenvalue weighted by Crippen LogP contribution is 2.35. The van der Waals surface area contributed by atoms with Gasteiger partial charge >= 0.3 is 0 Å². The predicted octanol–water partition coefficient (Wildman–Crippen LogP) is 5.01. The Morgan fingerprint density at radius 1 is 0.645 bits per heavy atom. The maximum Gasteiger partial charge on any atom is 0.126 e. The van der Waals surface area contributed by atoms with Gasteiger partial charge in [0.15, 0.2) is 0 Å². The standard InChI is InChI=1S/C28H27NO2/c1-5-27(3,30)20-22-12-16-25(17-13-22)29(24-10-8-7-9-11-24)26-18-14-23(15-19-26)21-28(4,31)6-2/h1-2,7-19,30-31H,20-21H2,3-4H3. The molecule has 3 rings (SSSR count). The number of benzene rings is 3. The van der Waals surface area contributed by atoms with Crippen molar-refractivity contribution in [3.63, 3.8) is 0 Å². The van der Waals surface area contributed by atoms with Gasteiger partial charge in [0.1, 0.15) is 11.2 Å². The molecule has 0 aliphatic heterocycles. The monoisotopic (exact) mass is 409 g/mol. The fourth-order valence-corrected chi connectivity index (χ4v) is 3.45. The highest BCUT2D eigenvalue weighted by molar-refractivity contribution is 5.76. The van der Waals surface area contributed by atoms with E-state index in [1.54, 1.807) is 13.8 Å². The van der Waals surface area contributed by atoms with Gasteiger partial charge in [-0.2, -0.15) is 0 Å². The van der Waals surface area contributed by atoms with Gasteiger partial charge in [-0.3, -0.25) is 0 Å². The molecule has 0 aliphatic carbocycles. The van der Waals surface area contributed by atoms with Gasteiger partial charge in [0.2, 0.25) is 0 Å². The molecule has 0 aliphatic rings. The molecule has 0 radical (unpaired) electrons. The van der Waals surface area contributed by atoms with Crippen LogP contribution in [-0.2, 0) is 12.8 Å². The van der Waals surface area contributed by atoms with E-state index >= 15 is 0 Å². The van der Waals surface area contributed by atoms with E-state index in [1.807, 2.05) is 78.9 Å². The molecule has 0 saturated carbocycles. The van der Waals surface area contributed by atoms with Crippen molar-refractivity contribution in [3.8, 4) is 24.7 Å². The van der Waals surface area contributed by atoms with E-state index in [0.717, 1.165) is 28.2 Å². The molecule has 0 heterocycles. The maximum absolute atomic E-state index is 10.2. The fourth-order valence-electron chi connectivity index (χ4n) is 3.45. The Bertz CT molecular complexity index is 1010. The molecule has 3 aromatic rings. The number of rotatable bonds is 7. The molecule has 156 valence electrons. The zero-order valence-electron chi connectivity index (χ0n) is 17.9. The number of hydrogen-bond acceptors (Lipinski definition) is 3. The Morgan fingerprint density at radius 3 is 1.35 bits per heavy atom. The van der Waals surface area contributed by atoms with Crippen LogP contribution in [0.1, 0.15) is 25.0 Å². The first kappa shape index (κ1) is 22.2. The highest BCUT2D eigenvalue weighted by atomic mass is 16.3. The molecule has 3 nitrogen and oxygen atoms in total. The van der Waals surface area contributed by atoms with Crippen molar-refractivity contribution >= 4 is 17.1 Å². The average Bonchev–Trinajstić information content (AvgIpc) is 2.77. The first-order valence-corrected chi connectivity index (χ1v) is 10.2. The molecular weight excluding hydrogens is 382 g/mol. The van der Waals surface area contributed by atoms with Crippen LogP contribution in [0.25, 0.3) is 0 Å². The van der Waals surface area contributed by atoms with Gasteiger partial charge in [-0.25, -0.2) is 0 Å². The van der Waals surface area contributed by atoms with Crippen LogP contribution in [-0.4, -0.2) is 21.4 Å². The Balaban J connectivity index is 1.94. The second-order valence-electron chi connectivity index (χ2n) is 8.19. The van der Waals surface area contributed by atoms with Crippen LogP contribution in [0, 0.1) is 24.7 Å². The molecule has 0 spiro atoms. The van der Waals surface area contributed by atoms with Gasteiger partial charge in [0, 0.05) is 29.9 Å². The van der Waals surface area contributed by atoms with Crippen LogP contribution in [0.2, 0.25) is 0 Å². The van der Waals surface area contributed by atoms with Gasteiger partial charge in [0.05, 0.1) is 0 Å². The van der Waals surface area contributed by atoms with Crippen LogP contribution in [0.5, 0.6) is 0 Å². The Kier molecular flexibility index (Phi) is 6.52. The fraction of sp³-hybridized carbons (Fsp3) is 0.214. The topological polar surface area (TPSA) is 43.7 Å². The highest BCUT2D eigenvalue weighted by Gasteiger charge is 2.19. The van der Waals surface area contributed by atoms with Gasteiger partial charge in [-0.15, -0.1) is 12.8 Å². The van der Waals surface area contributed by atoms with E-state index in [0.29, 0.717) is 12.8 Å². The van der Waals surface area contributed by atoms with Crippen molar-refractivity contribution in [2.24, 2.45) is 0 Å². The van der Waals surface area contributed by atoms with E-state index < -0.39 is 11.2 Å². The zero-order valence-corrected chi connectivity index (χ0v) is 17.9. The molecule has 0 bridgehead atoms. The summed E-state index contributed by atoms with van der Waals surface area (Å²) >= 11 is 0. The third-order valence-electron chi connectivity index (χ3n) is 5.12. The SMILES string of the molecule is C#CC(C)(O)Cc1ccc(N(c2ccccc2)c2ccc(CC(C)(O)C#C)cc2)cc1. The van der Waals surface area contributed by atoms with Crippen LogP contribution >= 0.6 is 0 Å². The molecule has 0 saturated heterocycles. The van der Waals surface area contributed by atoms with Crippen molar-refractivity contribution in [1.82, 2.24) is 0 Å². The summed E-state index contributed by atoms with van der Waals surface area (Å²) in [5.74, 6) is 4.84. The number of nitrogens with zero attached hydrogens (tertiary/aromatic N) is 1. The van der Waals surface area contributed by atoms with E-state index in [4.69, 9.17) is 12.8 Å². The third-order valence-corrected chi connectivity index (χ3v) is 5.12. The molecule has 2 N–H and O–H groups in total. The largest absolute Gasteiger partial charge is 0.378 e. The minimum atomic E-state index is -1.17. The minimum absolute atomic E-state index is 0.388. The minimum Gasteiger partial charge on any atom is -0.378 e. The number of anilines is 3. The molecular formula is C28H27NO2. The molecule has 0 fully saturated rings. The molecule has 31 heavy (non-hydrogen) atoms. The van der Waals surface area contributed by atoms with Crippen LogP contribution < -0.4 is 4.90 Å². The summed E-state index contributed by atoms with van der Waals surface area (Å²) in [7, 11) is 0. The first-order chi connectivity index (χ1) is 14.7.